The summed E-state index contributed by atoms with van der Waals surface area (Å²) in [5.41, 5.74) is 1.23. The number of nitrogens with one attached hydrogen (secondary N) is 1. The third kappa shape index (κ3) is 0.977. The van der Waals surface area contributed by atoms with Crippen LogP contribution in [0.5, 0.6) is 0 Å². The molecule has 1 amide bonds. The summed E-state index contributed by atoms with van der Waals surface area (Å²) < 4.78 is 0. The molecule has 1 saturated carbocycles. The number of rotatable bonds is 0. The molecule has 1 aliphatic carbocycles. The van der Waals surface area contributed by atoms with Crippen LogP contribution >= 0.6 is 0 Å². The lowest BCUT2D eigenvalue weighted by Crippen LogP contribution is -2.42. The molecule has 66 valence electrons. The van der Waals surface area contributed by atoms with E-state index in [1.165, 1.54) is 12.0 Å². The number of fused-ring (bicyclic) bond motifs is 1. The summed E-state index contributed by atoms with van der Waals surface area (Å²) in [6.07, 6.45) is 2.35. The molecule has 2 rings (SSSR count). The Labute approximate surface area is 73.0 Å². The molecule has 2 nitrogen and oxygen atoms in total. The Morgan fingerprint density at radius 2 is 2.25 bits per heavy atom. The maximum Gasteiger partial charge on any atom is 0.224 e. The molecule has 1 saturated heterocycles. The van der Waals surface area contributed by atoms with Crippen molar-refractivity contribution in [1.82, 2.24) is 5.32 Å². The summed E-state index contributed by atoms with van der Waals surface area (Å²) in [5, 5.41) is 2.90. The highest BCUT2D eigenvalue weighted by Gasteiger charge is 2.42. The Hall–Kier alpha value is -0.790. The largest absolute Gasteiger partial charge is 0.352 e. The Bertz CT molecular complexity index is 234. The zero-order valence-corrected chi connectivity index (χ0v) is 7.47. The molecule has 1 heterocycles. The first-order valence-electron chi connectivity index (χ1n) is 4.65. The molecule has 1 N–H and O–H groups in total. The molecule has 3 atom stereocenters. The lowest BCUT2D eigenvalue weighted by molar-refractivity contribution is -0.127. The zero-order valence-electron chi connectivity index (χ0n) is 7.47. The van der Waals surface area contributed by atoms with Crippen LogP contribution in [0.2, 0.25) is 0 Å². The number of hydrogen-bond donors (Lipinski definition) is 1. The average molecular weight is 165 g/mol. The van der Waals surface area contributed by atoms with Gasteiger partial charge in [0.15, 0.2) is 0 Å². The smallest absolute Gasteiger partial charge is 0.224 e. The zero-order chi connectivity index (χ0) is 8.72. The van der Waals surface area contributed by atoms with Crippen LogP contribution < -0.4 is 5.32 Å². The Balaban J connectivity index is 2.24. The van der Waals surface area contributed by atoms with Crippen molar-refractivity contribution in [3.05, 3.63) is 12.2 Å². The van der Waals surface area contributed by atoms with E-state index in [1.807, 2.05) is 0 Å². The van der Waals surface area contributed by atoms with E-state index >= 15 is 0 Å². The van der Waals surface area contributed by atoms with Crippen LogP contribution in [0.1, 0.15) is 19.8 Å². The molecule has 0 aromatic rings. The van der Waals surface area contributed by atoms with Gasteiger partial charge in [-0.1, -0.05) is 19.1 Å². The van der Waals surface area contributed by atoms with E-state index in [0.29, 0.717) is 18.4 Å². The quantitative estimate of drug-likeness (QED) is 0.539. The van der Waals surface area contributed by atoms with Crippen molar-refractivity contribution in [1.29, 1.82) is 0 Å². The van der Waals surface area contributed by atoms with Crippen molar-refractivity contribution in [2.24, 2.45) is 17.8 Å². The fourth-order valence-corrected chi connectivity index (χ4v) is 2.55. The van der Waals surface area contributed by atoms with Crippen molar-refractivity contribution < 1.29 is 4.79 Å². The van der Waals surface area contributed by atoms with Gasteiger partial charge in [-0.2, -0.15) is 0 Å². The van der Waals surface area contributed by atoms with Crippen LogP contribution in [0.15, 0.2) is 12.2 Å². The van der Waals surface area contributed by atoms with Gasteiger partial charge in [0.2, 0.25) is 5.91 Å². The molecule has 1 aliphatic heterocycles. The van der Waals surface area contributed by atoms with Gasteiger partial charge in [-0.3, -0.25) is 4.79 Å². The second-order valence-electron chi connectivity index (χ2n) is 4.06. The van der Waals surface area contributed by atoms with Gasteiger partial charge in [-0.05, 0) is 24.7 Å². The summed E-state index contributed by atoms with van der Waals surface area (Å²) in [6.45, 7) is 6.88. The number of amides is 1. The highest BCUT2D eigenvalue weighted by Crippen LogP contribution is 2.42. The van der Waals surface area contributed by atoms with Crippen LogP contribution in [-0.2, 0) is 4.79 Å². The lowest BCUT2D eigenvalue weighted by Gasteiger charge is -2.29. The van der Waals surface area contributed by atoms with Crippen LogP contribution in [0.4, 0.5) is 0 Å². The van der Waals surface area contributed by atoms with Crippen molar-refractivity contribution in [2.75, 3.05) is 6.54 Å². The third-order valence-electron chi connectivity index (χ3n) is 3.30. The van der Waals surface area contributed by atoms with Crippen molar-refractivity contribution >= 4 is 5.91 Å². The highest BCUT2D eigenvalue weighted by atomic mass is 16.2. The fourth-order valence-electron chi connectivity index (χ4n) is 2.55. The van der Waals surface area contributed by atoms with E-state index < -0.39 is 0 Å². The summed E-state index contributed by atoms with van der Waals surface area (Å²) in [6, 6.07) is 0. The van der Waals surface area contributed by atoms with Crippen LogP contribution in [0.3, 0.4) is 0 Å². The van der Waals surface area contributed by atoms with Gasteiger partial charge in [0.05, 0.1) is 0 Å². The molecule has 0 radical (unpaired) electrons. The minimum atomic E-state index is 0.228. The van der Waals surface area contributed by atoms with Gasteiger partial charge in [-0.15, -0.1) is 0 Å². The monoisotopic (exact) mass is 165 g/mol. The van der Waals surface area contributed by atoms with Crippen LogP contribution in [-0.4, -0.2) is 12.5 Å². The molecule has 0 aromatic heterocycles. The number of carbonyl (C=O) groups is 1. The van der Waals surface area contributed by atoms with Gasteiger partial charge in [-0.25, -0.2) is 0 Å². The summed E-state index contributed by atoms with van der Waals surface area (Å²) in [7, 11) is 0. The molecule has 0 spiro atoms. The maximum atomic E-state index is 11.5. The number of hydrogen-bond acceptors (Lipinski definition) is 1. The van der Waals surface area contributed by atoms with Crippen LogP contribution in [0, 0.1) is 17.8 Å². The summed E-state index contributed by atoms with van der Waals surface area (Å²) >= 11 is 0. The predicted molar refractivity (Wildman–Crippen MR) is 47.5 cm³/mol. The standard InChI is InChI=1S/C10H15NO/c1-6-3-4-8-7(2)5-11-10(12)9(6)8/h6,8-9H,2-5H2,1H3,(H,11,12)/t6-,8?,9+/m0/s1. The third-order valence-corrected chi connectivity index (χ3v) is 3.30. The fraction of sp³-hybridized carbons (Fsp3) is 0.700. The van der Waals surface area contributed by atoms with Gasteiger partial charge in [0, 0.05) is 12.5 Å². The molecule has 2 fully saturated rings. The second-order valence-corrected chi connectivity index (χ2v) is 4.06. The normalized spacial score (nSPS) is 40.9. The molecular weight excluding hydrogens is 150 g/mol. The maximum absolute atomic E-state index is 11.5. The van der Waals surface area contributed by atoms with E-state index in [9.17, 15) is 4.79 Å². The topological polar surface area (TPSA) is 29.1 Å². The Kier molecular flexibility index (Phi) is 1.71. The first-order chi connectivity index (χ1) is 5.70. The lowest BCUT2D eigenvalue weighted by atomic mass is 9.82. The number of carbonyl (C=O) groups excluding carboxylic acids is 1. The summed E-state index contributed by atoms with van der Waals surface area (Å²) in [4.78, 5) is 11.5. The molecule has 0 bridgehead atoms. The second kappa shape index (κ2) is 2.61. The Morgan fingerprint density at radius 1 is 1.50 bits per heavy atom. The van der Waals surface area contributed by atoms with Gasteiger partial charge < -0.3 is 5.32 Å². The van der Waals surface area contributed by atoms with Crippen molar-refractivity contribution in [2.45, 2.75) is 19.8 Å². The predicted octanol–water partition coefficient (Wildman–Crippen LogP) is 1.33. The minimum absolute atomic E-state index is 0.228. The SMILES string of the molecule is C=C1CNC(=O)[C@H]2C1CC[C@@H]2C. The first kappa shape index (κ1) is 7.84. The molecule has 12 heavy (non-hydrogen) atoms. The van der Waals surface area contributed by atoms with E-state index in [1.54, 1.807) is 0 Å². The van der Waals surface area contributed by atoms with Crippen molar-refractivity contribution in [3.63, 3.8) is 0 Å². The number of piperidine rings is 1. The van der Waals surface area contributed by atoms with Crippen molar-refractivity contribution in [3.8, 4) is 0 Å². The highest BCUT2D eigenvalue weighted by molar-refractivity contribution is 5.81. The molecule has 0 aromatic carbocycles. The van der Waals surface area contributed by atoms with E-state index in [2.05, 4.69) is 18.8 Å². The first-order valence-corrected chi connectivity index (χ1v) is 4.65. The van der Waals surface area contributed by atoms with Crippen LogP contribution in [0.25, 0.3) is 0 Å². The van der Waals surface area contributed by atoms with Gasteiger partial charge in [0.1, 0.15) is 0 Å². The molecule has 2 aliphatic rings. The van der Waals surface area contributed by atoms with Gasteiger partial charge in [0.25, 0.3) is 0 Å². The molecular formula is C10H15NO. The minimum Gasteiger partial charge on any atom is -0.352 e. The average Bonchev–Trinajstić information content (AvgIpc) is 2.42. The molecule has 2 heteroatoms. The van der Waals surface area contributed by atoms with E-state index in [0.717, 1.165) is 6.42 Å². The van der Waals surface area contributed by atoms with Gasteiger partial charge >= 0.3 is 0 Å². The summed E-state index contributed by atoms with van der Waals surface area (Å²) in [5.74, 6) is 1.50. The Morgan fingerprint density at radius 3 is 2.92 bits per heavy atom. The van der Waals surface area contributed by atoms with E-state index in [4.69, 9.17) is 0 Å². The van der Waals surface area contributed by atoms with E-state index in [-0.39, 0.29) is 11.8 Å². The molecule has 1 unspecified atom stereocenters.